The summed E-state index contributed by atoms with van der Waals surface area (Å²) in [7, 11) is 5.10. The molecular weight excluding hydrogens is 370 g/mol. The fraction of sp³-hybridized carbons (Fsp3) is 0.364. The molecule has 0 spiro atoms. The lowest BCUT2D eigenvalue weighted by Crippen LogP contribution is -2.55. The van der Waals surface area contributed by atoms with E-state index in [0.717, 1.165) is 31.5 Å². The van der Waals surface area contributed by atoms with E-state index in [9.17, 15) is 9.59 Å². The molecule has 4 rings (SSSR count). The standard InChI is InChI=1S/C22H25N3O4/c1-24-17-12-14(7-9-16(17)22(27)25-11-5-4-6-20(24)25)21(26)23-15-8-10-18(28-2)19(13-15)29-3/h7-10,12-13,20H,4-6,11H2,1-3H3,(H,23,26)/t20-/m0/s1. The van der Waals surface area contributed by atoms with Gasteiger partial charge in [0.25, 0.3) is 11.8 Å². The number of benzene rings is 2. The first-order valence-electron chi connectivity index (χ1n) is 9.74. The number of carbonyl (C=O) groups excluding carboxylic acids is 2. The van der Waals surface area contributed by atoms with Crippen LogP contribution in [0.3, 0.4) is 0 Å². The molecule has 2 amide bonds. The van der Waals surface area contributed by atoms with Gasteiger partial charge in [-0.3, -0.25) is 9.59 Å². The minimum atomic E-state index is -0.244. The van der Waals surface area contributed by atoms with Crippen molar-refractivity contribution in [2.24, 2.45) is 0 Å². The molecule has 0 aliphatic carbocycles. The molecule has 0 bridgehead atoms. The quantitative estimate of drug-likeness (QED) is 0.860. The minimum Gasteiger partial charge on any atom is -0.493 e. The van der Waals surface area contributed by atoms with Crippen LogP contribution in [0.1, 0.15) is 40.0 Å². The number of carbonyl (C=O) groups is 2. The number of hydrogen-bond donors (Lipinski definition) is 1. The molecule has 7 heteroatoms. The van der Waals surface area contributed by atoms with Gasteiger partial charge in [0.15, 0.2) is 11.5 Å². The zero-order chi connectivity index (χ0) is 20.5. The Morgan fingerprint density at radius 3 is 2.62 bits per heavy atom. The van der Waals surface area contributed by atoms with E-state index in [1.165, 1.54) is 0 Å². The summed E-state index contributed by atoms with van der Waals surface area (Å²) in [5, 5.41) is 2.89. The van der Waals surface area contributed by atoms with Crippen molar-refractivity contribution in [3.05, 3.63) is 47.5 Å². The van der Waals surface area contributed by atoms with Crippen LogP contribution >= 0.6 is 0 Å². The number of piperidine rings is 1. The predicted molar refractivity (Wildman–Crippen MR) is 111 cm³/mol. The molecule has 2 aliphatic rings. The zero-order valence-electron chi connectivity index (χ0n) is 16.9. The SMILES string of the molecule is COc1ccc(NC(=O)c2ccc3c(c2)N(C)[C@@H]2CCCCN2C3=O)cc1OC. The number of anilines is 2. The maximum absolute atomic E-state index is 12.9. The average molecular weight is 395 g/mol. The van der Waals surface area contributed by atoms with Crippen LogP contribution in [0.2, 0.25) is 0 Å². The number of amides is 2. The molecule has 0 unspecified atom stereocenters. The molecule has 7 nitrogen and oxygen atoms in total. The summed E-state index contributed by atoms with van der Waals surface area (Å²) in [4.78, 5) is 29.8. The normalized spacial score (nSPS) is 18.0. The Labute approximate surface area is 170 Å². The molecule has 2 aromatic carbocycles. The molecule has 2 heterocycles. The Balaban J connectivity index is 1.60. The van der Waals surface area contributed by atoms with Gasteiger partial charge in [-0.1, -0.05) is 0 Å². The van der Waals surface area contributed by atoms with Gasteiger partial charge in [-0.15, -0.1) is 0 Å². The highest BCUT2D eigenvalue weighted by atomic mass is 16.5. The number of nitrogens with zero attached hydrogens (tertiary/aromatic N) is 2. The summed E-state index contributed by atoms with van der Waals surface area (Å²) in [6, 6.07) is 10.5. The fourth-order valence-electron chi connectivity index (χ4n) is 4.13. The van der Waals surface area contributed by atoms with Crippen LogP contribution in [0.25, 0.3) is 0 Å². The monoisotopic (exact) mass is 395 g/mol. The summed E-state index contributed by atoms with van der Waals surface area (Å²) in [5.74, 6) is 0.941. The second kappa shape index (κ2) is 7.66. The van der Waals surface area contributed by atoms with E-state index in [1.807, 2.05) is 11.9 Å². The number of methoxy groups -OCH3 is 2. The van der Waals surface area contributed by atoms with E-state index in [2.05, 4.69) is 10.2 Å². The van der Waals surface area contributed by atoms with Gasteiger partial charge < -0.3 is 24.6 Å². The molecule has 152 valence electrons. The minimum absolute atomic E-state index is 0.0506. The largest absolute Gasteiger partial charge is 0.493 e. The Hall–Kier alpha value is -3.22. The van der Waals surface area contributed by atoms with E-state index in [1.54, 1.807) is 50.6 Å². The van der Waals surface area contributed by atoms with Gasteiger partial charge >= 0.3 is 0 Å². The van der Waals surface area contributed by atoms with Crippen molar-refractivity contribution >= 4 is 23.2 Å². The molecular formula is C22H25N3O4. The van der Waals surface area contributed by atoms with Crippen LogP contribution in [0.5, 0.6) is 11.5 Å². The summed E-state index contributed by atoms with van der Waals surface area (Å²) in [6.45, 7) is 0.787. The first-order valence-corrected chi connectivity index (χ1v) is 9.74. The lowest BCUT2D eigenvalue weighted by atomic mass is 9.97. The number of fused-ring (bicyclic) bond motifs is 2. The van der Waals surface area contributed by atoms with Crippen molar-refractivity contribution in [3.63, 3.8) is 0 Å². The van der Waals surface area contributed by atoms with Gasteiger partial charge in [0.2, 0.25) is 0 Å². The van der Waals surface area contributed by atoms with Crippen LogP contribution in [-0.4, -0.2) is 50.7 Å². The van der Waals surface area contributed by atoms with Gasteiger partial charge in [0.05, 0.1) is 25.5 Å². The van der Waals surface area contributed by atoms with Crippen LogP contribution < -0.4 is 19.7 Å². The molecule has 2 aliphatic heterocycles. The summed E-state index contributed by atoms with van der Waals surface area (Å²) >= 11 is 0. The molecule has 0 radical (unpaired) electrons. The third kappa shape index (κ3) is 3.37. The zero-order valence-corrected chi connectivity index (χ0v) is 16.9. The van der Waals surface area contributed by atoms with Crippen LogP contribution in [0.15, 0.2) is 36.4 Å². The molecule has 2 aromatic rings. The molecule has 29 heavy (non-hydrogen) atoms. The summed E-state index contributed by atoms with van der Waals surface area (Å²) < 4.78 is 10.5. The van der Waals surface area contributed by atoms with Crippen LogP contribution in [0.4, 0.5) is 11.4 Å². The van der Waals surface area contributed by atoms with Gasteiger partial charge in [0.1, 0.15) is 6.17 Å². The third-order valence-electron chi connectivity index (χ3n) is 5.69. The van der Waals surface area contributed by atoms with Crippen molar-refractivity contribution in [2.75, 3.05) is 38.0 Å². The maximum Gasteiger partial charge on any atom is 0.257 e. The highest BCUT2D eigenvalue weighted by molar-refractivity contribution is 6.08. The summed E-state index contributed by atoms with van der Waals surface area (Å²) in [6.07, 6.45) is 3.15. The second-order valence-electron chi connectivity index (χ2n) is 7.34. The van der Waals surface area contributed by atoms with E-state index in [0.29, 0.717) is 28.3 Å². The smallest absolute Gasteiger partial charge is 0.257 e. The molecule has 1 atom stereocenters. The lowest BCUT2D eigenvalue weighted by molar-refractivity contribution is 0.0589. The van der Waals surface area contributed by atoms with Crippen LogP contribution in [0, 0.1) is 0 Å². The Bertz CT molecular complexity index is 959. The van der Waals surface area contributed by atoms with Crippen molar-refractivity contribution in [2.45, 2.75) is 25.4 Å². The lowest BCUT2D eigenvalue weighted by Gasteiger charge is -2.46. The number of hydrogen-bond acceptors (Lipinski definition) is 5. The van der Waals surface area contributed by atoms with E-state index >= 15 is 0 Å². The molecule has 0 aromatic heterocycles. The summed E-state index contributed by atoms with van der Waals surface area (Å²) in [5.41, 5.74) is 2.56. The second-order valence-corrected chi connectivity index (χ2v) is 7.34. The van der Waals surface area contributed by atoms with E-state index in [-0.39, 0.29) is 18.0 Å². The van der Waals surface area contributed by atoms with E-state index in [4.69, 9.17) is 9.47 Å². The maximum atomic E-state index is 12.9. The van der Waals surface area contributed by atoms with Crippen molar-refractivity contribution < 1.29 is 19.1 Å². The van der Waals surface area contributed by atoms with E-state index < -0.39 is 0 Å². The molecule has 1 fully saturated rings. The van der Waals surface area contributed by atoms with Crippen LogP contribution in [-0.2, 0) is 0 Å². The highest BCUT2D eigenvalue weighted by Gasteiger charge is 2.37. The highest BCUT2D eigenvalue weighted by Crippen LogP contribution is 2.35. The van der Waals surface area contributed by atoms with Gasteiger partial charge in [-0.2, -0.15) is 0 Å². The molecule has 1 N–H and O–H groups in total. The predicted octanol–water partition coefficient (Wildman–Crippen LogP) is 3.36. The Morgan fingerprint density at radius 1 is 1.07 bits per heavy atom. The van der Waals surface area contributed by atoms with Crippen molar-refractivity contribution in [3.8, 4) is 11.5 Å². The van der Waals surface area contributed by atoms with Gasteiger partial charge in [0, 0.05) is 30.9 Å². The molecule has 0 saturated carbocycles. The number of ether oxygens (including phenoxy) is 2. The third-order valence-corrected chi connectivity index (χ3v) is 5.69. The number of nitrogens with one attached hydrogen (secondary N) is 1. The first kappa shape index (κ1) is 19.1. The number of rotatable bonds is 4. The Kier molecular flexibility index (Phi) is 5.05. The topological polar surface area (TPSA) is 71.1 Å². The van der Waals surface area contributed by atoms with Crippen molar-refractivity contribution in [1.29, 1.82) is 0 Å². The van der Waals surface area contributed by atoms with Gasteiger partial charge in [-0.25, -0.2) is 0 Å². The average Bonchev–Trinajstić information content (AvgIpc) is 2.77. The fourth-order valence-corrected chi connectivity index (χ4v) is 4.13. The van der Waals surface area contributed by atoms with Gasteiger partial charge in [-0.05, 0) is 49.6 Å². The molecule has 1 saturated heterocycles. The Morgan fingerprint density at radius 2 is 1.86 bits per heavy atom. The first-order chi connectivity index (χ1) is 14.0. The van der Waals surface area contributed by atoms with Crippen molar-refractivity contribution in [1.82, 2.24) is 4.90 Å².